The Morgan fingerprint density at radius 1 is 0.820 bits per heavy atom. The number of amides is 2. The number of aromatic amines is 1. The van der Waals surface area contributed by atoms with Gasteiger partial charge < -0.3 is 39.8 Å². The lowest BCUT2D eigenvalue weighted by molar-refractivity contribution is -0.276. The summed E-state index contributed by atoms with van der Waals surface area (Å²) in [6.07, 6.45) is 1.08. The van der Waals surface area contributed by atoms with E-state index in [1.807, 2.05) is 120 Å². The minimum Gasteiger partial charge on any atom is -0.467 e. The zero-order chi connectivity index (χ0) is 42.3. The van der Waals surface area contributed by atoms with Crippen LogP contribution < -0.4 is 16.3 Å². The van der Waals surface area contributed by atoms with Gasteiger partial charge in [-0.3, -0.25) is 4.57 Å². The molecule has 0 aliphatic carbocycles. The molecule has 0 bridgehead atoms. The van der Waals surface area contributed by atoms with E-state index in [4.69, 9.17) is 14.2 Å². The first-order valence-corrected chi connectivity index (χ1v) is 21.0. The Morgan fingerprint density at radius 3 is 2.26 bits per heavy atom. The van der Waals surface area contributed by atoms with Crippen LogP contribution in [0, 0.1) is 5.92 Å². The Hall–Kier alpha value is -6.05. The van der Waals surface area contributed by atoms with Gasteiger partial charge in [0, 0.05) is 50.1 Å². The third-order valence-corrected chi connectivity index (χ3v) is 12.1. The predicted molar refractivity (Wildman–Crippen MR) is 233 cm³/mol. The van der Waals surface area contributed by atoms with Crippen LogP contribution in [0.5, 0.6) is 0 Å². The monoisotopic (exact) mass is 823 g/mol. The molecule has 12 heteroatoms. The van der Waals surface area contributed by atoms with Crippen LogP contribution in [0.25, 0.3) is 22.2 Å². The second kappa shape index (κ2) is 19.1. The van der Waals surface area contributed by atoms with Crippen molar-refractivity contribution in [3.63, 3.8) is 0 Å². The zero-order valence-corrected chi connectivity index (χ0v) is 34.5. The van der Waals surface area contributed by atoms with Crippen molar-refractivity contribution in [2.24, 2.45) is 5.92 Å². The Bertz CT molecular complexity index is 2460. The molecule has 3 heterocycles. The number of H-pyrrole nitrogens is 1. The average molecular weight is 824 g/mol. The van der Waals surface area contributed by atoms with Crippen LogP contribution in [0.3, 0.4) is 0 Å². The number of imidazole rings is 1. The first-order chi connectivity index (χ1) is 29.8. The minimum atomic E-state index is -0.822. The molecule has 5 aromatic carbocycles. The molecule has 2 fully saturated rings. The van der Waals surface area contributed by atoms with Crippen molar-refractivity contribution >= 4 is 23.0 Å². The quantitative estimate of drug-likeness (QED) is 0.0895. The smallest absolute Gasteiger partial charge is 0.328 e. The maximum atomic E-state index is 12.9. The molecule has 0 unspecified atom stereocenters. The van der Waals surface area contributed by atoms with Gasteiger partial charge >= 0.3 is 17.7 Å². The third-order valence-electron chi connectivity index (χ3n) is 12.1. The summed E-state index contributed by atoms with van der Waals surface area (Å²) in [4.78, 5) is 43.8. The van der Waals surface area contributed by atoms with Crippen LogP contribution in [-0.4, -0.2) is 70.4 Å². The van der Waals surface area contributed by atoms with E-state index in [0.717, 1.165) is 82.5 Å². The highest BCUT2D eigenvalue weighted by atomic mass is 16.7. The number of aromatic nitrogens is 2. The Labute approximate surface area is 355 Å². The van der Waals surface area contributed by atoms with Gasteiger partial charge in [-0.1, -0.05) is 116 Å². The standard InChI is InChI=1S/C49H53N5O7/c1-32-44(30-53-25-23-40(24-26-53)54-43-14-7-6-13-41(43)52-49(54)58)60-47(61-45(32)37-17-15-34(31-55)16-18-37)38-21-19-36(20-22-38)39-12-8-11-35(27-39)29-50-48(57)51-42(46(56)59-2)28-33-9-4-3-5-10-33/h3-22,27,32,40,42,44-45,47,55H,23-26,28-31H2,1-2H3,(H,52,58)(H2,50,51,57)/t32-,42-,44+,45+,47+/m0/s1. The number of ether oxygens (including phenoxy) is 3. The second-order valence-corrected chi connectivity index (χ2v) is 16.1. The number of nitrogens with zero attached hydrogens (tertiary/aromatic N) is 2. The van der Waals surface area contributed by atoms with Gasteiger partial charge in [-0.05, 0) is 64.4 Å². The van der Waals surface area contributed by atoms with Crippen molar-refractivity contribution in [2.45, 2.75) is 69.9 Å². The molecule has 2 aliphatic rings. The molecular formula is C49H53N5O7. The van der Waals surface area contributed by atoms with E-state index in [1.54, 1.807) is 0 Å². The molecule has 316 valence electrons. The molecule has 12 nitrogen and oxygen atoms in total. The lowest BCUT2D eigenvalue weighted by atomic mass is 9.89. The number of para-hydroxylation sites is 2. The fourth-order valence-corrected chi connectivity index (χ4v) is 8.65. The summed E-state index contributed by atoms with van der Waals surface area (Å²) in [6, 6.07) is 40.3. The van der Waals surface area contributed by atoms with Gasteiger partial charge in [-0.2, -0.15) is 0 Å². The first-order valence-electron chi connectivity index (χ1n) is 21.0. The summed E-state index contributed by atoms with van der Waals surface area (Å²) in [6.45, 7) is 4.85. The van der Waals surface area contributed by atoms with Gasteiger partial charge in [0.05, 0.1) is 37.0 Å². The molecule has 2 amide bonds. The lowest BCUT2D eigenvalue weighted by Crippen LogP contribution is -2.47. The summed E-state index contributed by atoms with van der Waals surface area (Å²) in [5, 5.41) is 15.3. The van der Waals surface area contributed by atoms with E-state index in [0.29, 0.717) is 6.42 Å². The SMILES string of the molecule is COC(=O)[C@H](Cc1ccccc1)NC(=O)NCc1cccc(-c2ccc([C@@H]3O[C@H](CN4CCC(n5c(=O)[nH]c6ccccc65)CC4)[C@H](C)[C@H](c4ccc(CO)cc4)O3)cc2)c1. The Balaban J connectivity index is 0.930. The maximum Gasteiger partial charge on any atom is 0.328 e. The van der Waals surface area contributed by atoms with Gasteiger partial charge in [0.1, 0.15) is 6.04 Å². The molecule has 4 N–H and O–H groups in total. The Kier molecular flexibility index (Phi) is 13.1. The molecule has 61 heavy (non-hydrogen) atoms. The fraction of sp³-hybridized carbons (Fsp3) is 0.327. The number of esters is 1. The number of nitrogens with one attached hydrogen (secondary N) is 3. The van der Waals surface area contributed by atoms with Gasteiger partial charge in [0.25, 0.3) is 0 Å². The van der Waals surface area contributed by atoms with Crippen molar-refractivity contribution in [3.8, 4) is 11.1 Å². The van der Waals surface area contributed by atoms with Gasteiger partial charge in [0.15, 0.2) is 6.29 Å². The molecule has 8 rings (SSSR count). The number of fused-ring (bicyclic) bond motifs is 1. The number of methoxy groups -OCH3 is 1. The fourth-order valence-electron chi connectivity index (χ4n) is 8.65. The van der Waals surface area contributed by atoms with E-state index in [9.17, 15) is 19.5 Å². The summed E-state index contributed by atoms with van der Waals surface area (Å²) in [7, 11) is 1.31. The van der Waals surface area contributed by atoms with Crippen LogP contribution >= 0.6 is 0 Å². The number of aliphatic hydroxyl groups excluding tert-OH is 1. The molecule has 1 aromatic heterocycles. The highest BCUT2D eigenvalue weighted by molar-refractivity contribution is 5.83. The molecule has 0 radical (unpaired) electrons. The van der Waals surface area contributed by atoms with Crippen molar-refractivity contribution in [1.82, 2.24) is 25.1 Å². The van der Waals surface area contributed by atoms with E-state index in [2.05, 4.69) is 39.6 Å². The van der Waals surface area contributed by atoms with Crippen LogP contribution in [0.2, 0.25) is 0 Å². The number of aliphatic hydroxyl groups is 1. The first kappa shape index (κ1) is 41.7. The molecule has 6 aromatic rings. The number of carbonyl (C=O) groups is 2. The van der Waals surface area contributed by atoms with Crippen molar-refractivity contribution < 1.29 is 28.9 Å². The van der Waals surface area contributed by atoms with Crippen LogP contribution in [-0.2, 0) is 38.6 Å². The number of likely N-dealkylation sites (tertiary alicyclic amines) is 1. The number of rotatable bonds is 13. The largest absolute Gasteiger partial charge is 0.467 e. The zero-order valence-electron chi connectivity index (χ0n) is 34.5. The lowest BCUT2D eigenvalue weighted by Gasteiger charge is -2.44. The summed E-state index contributed by atoms with van der Waals surface area (Å²) in [5.41, 5.74) is 8.34. The van der Waals surface area contributed by atoms with E-state index in [1.165, 1.54) is 7.11 Å². The molecule has 5 atom stereocenters. The number of piperidine rings is 1. The number of hydrogen-bond donors (Lipinski definition) is 4. The van der Waals surface area contributed by atoms with E-state index < -0.39 is 24.3 Å². The molecule has 0 spiro atoms. The topological polar surface area (TPSA) is 147 Å². The molecule has 2 saturated heterocycles. The van der Waals surface area contributed by atoms with Gasteiger partial charge in [-0.25, -0.2) is 14.4 Å². The van der Waals surface area contributed by atoms with E-state index >= 15 is 0 Å². The van der Waals surface area contributed by atoms with Crippen molar-refractivity contribution in [2.75, 3.05) is 26.7 Å². The third kappa shape index (κ3) is 9.79. The summed E-state index contributed by atoms with van der Waals surface area (Å²) < 4.78 is 20.5. The molecular weight excluding hydrogens is 771 g/mol. The highest BCUT2D eigenvalue weighted by Gasteiger charge is 2.40. The molecule has 2 aliphatic heterocycles. The minimum absolute atomic E-state index is 0.0237. The van der Waals surface area contributed by atoms with Crippen LogP contribution in [0.15, 0.2) is 132 Å². The number of carbonyl (C=O) groups excluding carboxylic acids is 2. The maximum absolute atomic E-state index is 12.9. The van der Waals surface area contributed by atoms with Gasteiger partial charge in [0.2, 0.25) is 0 Å². The van der Waals surface area contributed by atoms with Crippen LogP contribution in [0.1, 0.15) is 66.0 Å². The second-order valence-electron chi connectivity index (χ2n) is 16.1. The van der Waals surface area contributed by atoms with Gasteiger partial charge in [-0.15, -0.1) is 0 Å². The summed E-state index contributed by atoms with van der Waals surface area (Å²) in [5.74, 6) is -0.471. The number of urea groups is 1. The van der Waals surface area contributed by atoms with Crippen molar-refractivity contribution in [1.29, 1.82) is 0 Å². The number of benzene rings is 5. The molecule has 0 saturated carbocycles. The predicted octanol–water partition coefficient (Wildman–Crippen LogP) is 7.20. The van der Waals surface area contributed by atoms with E-state index in [-0.39, 0.29) is 43.0 Å². The summed E-state index contributed by atoms with van der Waals surface area (Å²) >= 11 is 0. The van der Waals surface area contributed by atoms with Crippen LogP contribution in [0.4, 0.5) is 4.79 Å². The van der Waals surface area contributed by atoms with Crippen molar-refractivity contribution in [3.05, 3.63) is 166 Å². The normalized spacial score (nSPS) is 20.2. The number of hydrogen-bond acceptors (Lipinski definition) is 8. The highest BCUT2D eigenvalue weighted by Crippen LogP contribution is 2.42. The average Bonchev–Trinajstić information content (AvgIpc) is 3.64. The Morgan fingerprint density at radius 2 is 1.52 bits per heavy atom.